The summed E-state index contributed by atoms with van der Waals surface area (Å²) in [6, 6.07) is 15.2. The van der Waals surface area contributed by atoms with Gasteiger partial charge in [-0.05, 0) is 50.6 Å². The highest BCUT2D eigenvalue weighted by atomic mass is 32.2. The van der Waals surface area contributed by atoms with E-state index >= 15 is 0 Å². The van der Waals surface area contributed by atoms with Crippen LogP contribution in [0.25, 0.3) is 11.0 Å². The third-order valence-corrected chi connectivity index (χ3v) is 5.21. The molecule has 2 aromatic carbocycles. The SMILES string of the molecule is CCn1c(=O)c(SCC(=O)NCc2ccc(OC(C)C)cc2)nc2ccccc21. The van der Waals surface area contributed by atoms with Crippen molar-refractivity contribution in [1.29, 1.82) is 0 Å². The van der Waals surface area contributed by atoms with Gasteiger partial charge >= 0.3 is 0 Å². The van der Waals surface area contributed by atoms with Crippen LogP contribution in [0.3, 0.4) is 0 Å². The number of nitrogens with one attached hydrogen (secondary N) is 1. The number of nitrogens with zero attached hydrogens (tertiary/aromatic N) is 2. The Labute approximate surface area is 174 Å². The van der Waals surface area contributed by atoms with Gasteiger partial charge in [0.25, 0.3) is 5.56 Å². The van der Waals surface area contributed by atoms with Crippen LogP contribution in [-0.4, -0.2) is 27.3 Å². The monoisotopic (exact) mass is 411 g/mol. The molecule has 0 bridgehead atoms. The summed E-state index contributed by atoms with van der Waals surface area (Å²) in [7, 11) is 0. The van der Waals surface area contributed by atoms with Gasteiger partial charge in [0.2, 0.25) is 5.91 Å². The summed E-state index contributed by atoms with van der Waals surface area (Å²) in [6.07, 6.45) is 0.124. The number of amides is 1. The van der Waals surface area contributed by atoms with Gasteiger partial charge in [0.15, 0.2) is 5.03 Å². The molecule has 0 atom stereocenters. The van der Waals surface area contributed by atoms with Crippen molar-refractivity contribution in [2.75, 3.05) is 5.75 Å². The van der Waals surface area contributed by atoms with E-state index in [9.17, 15) is 9.59 Å². The number of aryl methyl sites for hydroxylation is 1. The fraction of sp³-hybridized carbons (Fsp3) is 0.318. The second-order valence-electron chi connectivity index (χ2n) is 6.83. The van der Waals surface area contributed by atoms with E-state index in [0.717, 1.165) is 22.3 Å². The van der Waals surface area contributed by atoms with Crippen LogP contribution in [0.4, 0.5) is 0 Å². The smallest absolute Gasteiger partial charge is 0.283 e. The lowest BCUT2D eigenvalue weighted by molar-refractivity contribution is -0.118. The van der Waals surface area contributed by atoms with Crippen LogP contribution in [0.5, 0.6) is 5.75 Å². The van der Waals surface area contributed by atoms with Gasteiger partial charge < -0.3 is 14.6 Å². The minimum Gasteiger partial charge on any atom is -0.491 e. The van der Waals surface area contributed by atoms with Gasteiger partial charge in [0.05, 0.1) is 22.9 Å². The number of hydrogen-bond donors (Lipinski definition) is 1. The Morgan fingerprint density at radius 2 is 1.90 bits per heavy atom. The molecule has 0 saturated heterocycles. The summed E-state index contributed by atoms with van der Waals surface area (Å²) in [5.74, 6) is 0.800. The van der Waals surface area contributed by atoms with Crippen molar-refractivity contribution in [3.8, 4) is 5.75 Å². The Morgan fingerprint density at radius 1 is 1.17 bits per heavy atom. The predicted molar refractivity (Wildman–Crippen MR) is 116 cm³/mol. The standard InChI is InChI=1S/C22H25N3O3S/c1-4-25-19-8-6-5-7-18(19)24-21(22(25)27)29-14-20(26)23-13-16-9-11-17(12-10-16)28-15(2)3/h5-12,15H,4,13-14H2,1-3H3,(H,23,26). The molecule has 1 amide bonds. The normalized spacial score (nSPS) is 11.0. The first-order valence-corrected chi connectivity index (χ1v) is 10.6. The zero-order chi connectivity index (χ0) is 20.8. The van der Waals surface area contributed by atoms with Crippen molar-refractivity contribution in [2.45, 2.75) is 45.0 Å². The second-order valence-corrected chi connectivity index (χ2v) is 7.80. The zero-order valence-corrected chi connectivity index (χ0v) is 17.7. The van der Waals surface area contributed by atoms with Gasteiger partial charge in [0.1, 0.15) is 5.75 Å². The van der Waals surface area contributed by atoms with E-state index in [2.05, 4.69) is 10.3 Å². The van der Waals surface area contributed by atoms with Crippen molar-refractivity contribution < 1.29 is 9.53 Å². The van der Waals surface area contributed by atoms with E-state index in [-0.39, 0.29) is 23.3 Å². The van der Waals surface area contributed by atoms with E-state index in [1.165, 1.54) is 11.8 Å². The van der Waals surface area contributed by atoms with Crippen LogP contribution in [0, 0.1) is 0 Å². The molecular formula is C22H25N3O3S. The number of thioether (sulfide) groups is 1. The van der Waals surface area contributed by atoms with Crippen molar-refractivity contribution in [2.24, 2.45) is 0 Å². The number of para-hydroxylation sites is 2. The molecule has 3 rings (SSSR count). The fourth-order valence-corrected chi connectivity index (χ4v) is 3.69. The van der Waals surface area contributed by atoms with Crippen LogP contribution in [0.2, 0.25) is 0 Å². The Bertz CT molecular complexity index is 1050. The zero-order valence-electron chi connectivity index (χ0n) is 16.8. The first-order chi connectivity index (χ1) is 14.0. The van der Waals surface area contributed by atoms with Crippen molar-refractivity contribution >= 4 is 28.7 Å². The summed E-state index contributed by atoms with van der Waals surface area (Å²) in [5, 5.41) is 3.22. The fourth-order valence-electron chi connectivity index (χ4n) is 2.92. The number of carbonyl (C=O) groups excluding carboxylic acids is 1. The molecule has 0 unspecified atom stereocenters. The highest BCUT2D eigenvalue weighted by Crippen LogP contribution is 2.17. The number of carbonyl (C=O) groups is 1. The quantitative estimate of drug-likeness (QED) is 0.573. The first-order valence-electron chi connectivity index (χ1n) is 9.62. The molecule has 3 aromatic rings. The second kappa shape index (κ2) is 9.60. The average molecular weight is 412 g/mol. The molecular weight excluding hydrogens is 386 g/mol. The number of hydrogen-bond acceptors (Lipinski definition) is 5. The summed E-state index contributed by atoms with van der Waals surface area (Å²) in [4.78, 5) is 29.3. The van der Waals surface area contributed by atoms with Crippen molar-refractivity contribution in [3.05, 3.63) is 64.4 Å². The third kappa shape index (κ3) is 5.38. The maximum absolute atomic E-state index is 12.7. The van der Waals surface area contributed by atoms with Crippen molar-refractivity contribution in [1.82, 2.24) is 14.9 Å². The van der Waals surface area contributed by atoms with Gasteiger partial charge in [-0.2, -0.15) is 0 Å². The van der Waals surface area contributed by atoms with E-state index in [0.29, 0.717) is 18.1 Å². The van der Waals surface area contributed by atoms with Crippen LogP contribution in [0.1, 0.15) is 26.3 Å². The largest absolute Gasteiger partial charge is 0.491 e. The molecule has 1 aromatic heterocycles. The predicted octanol–water partition coefficient (Wildman–Crippen LogP) is 3.61. The number of ether oxygens (including phenoxy) is 1. The van der Waals surface area contributed by atoms with Gasteiger partial charge in [-0.3, -0.25) is 9.59 Å². The number of benzene rings is 2. The first kappa shape index (κ1) is 20.9. The Balaban J connectivity index is 1.59. The van der Waals surface area contributed by atoms with Crippen LogP contribution < -0.4 is 15.6 Å². The lowest BCUT2D eigenvalue weighted by Gasteiger charge is -2.11. The summed E-state index contributed by atoms with van der Waals surface area (Å²) >= 11 is 1.17. The molecule has 0 radical (unpaired) electrons. The Kier molecular flexibility index (Phi) is 6.93. The molecule has 152 valence electrons. The van der Waals surface area contributed by atoms with Gasteiger partial charge in [-0.1, -0.05) is 36.0 Å². The van der Waals surface area contributed by atoms with Gasteiger partial charge in [-0.25, -0.2) is 4.98 Å². The molecule has 0 aliphatic heterocycles. The van der Waals surface area contributed by atoms with Crippen LogP contribution in [0.15, 0.2) is 58.4 Å². The van der Waals surface area contributed by atoms with E-state index in [1.54, 1.807) is 4.57 Å². The minimum absolute atomic E-state index is 0.124. The Hall–Kier alpha value is -2.80. The molecule has 29 heavy (non-hydrogen) atoms. The van der Waals surface area contributed by atoms with Crippen molar-refractivity contribution in [3.63, 3.8) is 0 Å². The summed E-state index contributed by atoms with van der Waals surface area (Å²) in [5.41, 5.74) is 2.38. The lowest BCUT2D eigenvalue weighted by atomic mass is 10.2. The molecule has 1 N–H and O–H groups in total. The number of aromatic nitrogens is 2. The van der Waals surface area contributed by atoms with Crippen LogP contribution >= 0.6 is 11.8 Å². The maximum atomic E-state index is 12.7. The molecule has 0 aliphatic carbocycles. The summed E-state index contributed by atoms with van der Waals surface area (Å²) in [6.45, 7) is 6.85. The van der Waals surface area contributed by atoms with E-state index in [4.69, 9.17) is 4.74 Å². The molecule has 0 fully saturated rings. The highest BCUT2D eigenvalue weighted by molar-refractivity contribution is 7.99. The molecule has 1 heterocycles. The average Bonchev–Trinajstić information content (AvgIpc) is 2.71. The third-order valence-electron chi connectivity index (χ3n) is 4.26. The number of fused-ring (bicyclic) bond motifs is 1. The van der Waals surface area contributed by atoms with E-state index in [1.807, 2.05) is 69.3 Å². The van der Waals surface area contributed by atoms with Crippen LogP contribution in [-0.2, 0) is 17.9 Å². The molecule has 6 nitrogen and oxygen atoms in total. The van der Waals surface area contributed by atoms with Gasteiger partial charge in [0, 0.05) is 13.1 Å². The molecule has 0 aliphatic rings. The summed E-state index contributed by atoms with van der Waals surface area (Å²) < 4.78 is 7.30. The van der Waals surface area contributed by atoms with E-state index < -0.39 is 0 Å². The molecule has 0 spiro atoms. The molecule has 0 saturated carbocycles. The lowest BCUT2D eigenvalue weighted by Crippen LogP contribution is -2.26. The minimum atomic E-state index is -0.162. The maximum Gasteiger partial charge on any atom is 0.283 e. The Morgan fingerprint density at radius 3 is 2.59 bits per heavy atom. The molecule has 7 heteroatoms. The van der Waals surface area contributed by atoms with Gasteiger partial charge in [-0.15, -0.1) is 0 Å². The number of rotatable bonds is 8. The topological polar surface area (TPSA) is 73.2 Å². The highest BCUT2D eigenvalue weighted by Gasteiger charge is 2.12.